The molecular weight excluding hydrogens is 255 g/mol. The van der Waals surface area contributed by atoms with Crippen LogP contribution in [0.3, 0.4) is 0 Å². The molecule has 0 aromatic carbocycles. The Bertz CT molecular complexity index is 306. The van der Waals surface area contributed by atoms with Gasteiger partial charge in [-0.15, -0.1) is 0 Å². The van der Waals surface area contributed by atoms with Gasteiger partial charge in [-0.2, -0.15) is 5.26 Å². The molecule has 0 aliphatic heterocycles. The maximum Gasteiger partial charge on any atom is 0.183 e. The first-order chi connectivity index (χ1) is 5.29. The van der Waals surface area contributed by atoms with E-state index in [4.69, 9.17) is 10.00 Å². The van der Waals surface area contributed by atoms with Gasteiger partial charge in [0.2, 0.25) is 0 Å². The summed E-state index contributed by atoms with van der Waals surface area (Å²) in [5.74, 6) is 0.551. The Balaban J connectivity index is 3.27. The highest BCUT2D eigenvalue weighted by Crippen LogP contribution is 2.21. The Kier molecular flexibility index (Phi) is 2.65. The van der Waals surface area contributed by atoms with Crippen molar-refractivity contribution in [1.82, 2.24) is 4.98 Å². The van der Waals surface area contributed by atoms with Crippen molar-refractivity contribution in [2.75, 3.05) is 7.11 Å². The second-order valence-corrected chi connectivity index (χ2v) is 2.95. The monoisotopic (exact) mass is 260 g/mol. The molecule has 0 amide bonds. The summed E-state index contributed by atoms with van der Waals surface area (Å²) < 4.78 is 5.87. The summed E-state index contributed by atoms with van der Waals surface area (Å²) in [5.41, 5.74) is 0.333. The number of ether oxygens (including phenoxy) is 1. The quantitative estimate of drug-likeness (QED) is 0.720. The molecule has 1 aromatic rings. The van der Waals surface area contributed by atoms with Crippen LogP contribution >= 0.6 is 22.6 Å². The maximum absolute atomic E-state index is 8.58. The van der Waals surface area contributed by atoms with E-state index in [1.54, 1.807) is 12.3 Å². The summed E-state index contributed by atoms with van der Waals surface area (Å²) in [7, 11) is 1.53. The van der Waals surface area contributed by atoms with Gasteiger partial charge in [0.1, 0.15) is 6.07 Å². The van der Waals surface area contributed by atoms with Crippen LogP contribution in [-0.4, -0.2) is 12.1 Å². The summed E-state index contributed by atoms with van der Waals surface area (Å²) >= 11 is 2.09. The van der Waals surface area contributed by atoms with E-state index >= 15 is 0 Å². The van der Waals surface area contributed by atoms with Crippen molar-refractivity contribution < 1.29 is 4.74 Å². The van der Waals surface area contributed by atoms with E-state index in [1.165, 1.54) is 7.11 Å². The van der Waals surface area contributed by atoms with Crippen LogP contribution in [0.2, 0.25) is 0 Å². The average Bonchev–Trinajstić information content (AvgIpc) is 2.04. The lowest BCUT2D eigenvalue weighted by Crippen LogP contribution is -1.93. The van der Waals surface area contributed by atoms with Crippen LogP contribution in [0.1, 0.15) is 5.69 Å². The minimum atomic E-state index is 0.333. The van der Waals surface area contributed by atoms with Gasteiger partial charge in [0.15, 0.2) is 11.4 Å². The van der Waals surface area contributed by atoms with Crippen LogP contribution < -0.4 is 4.74 Å². The minimum Gasteiger partial charge on any atom is -0.493 e. The van der Waals surface area contributed by atoms with Gasteiger partial charge in [-0.05, 0) is 28.7 Å². The summed E-state index contributed by atoms with van der Waals surface area (Å²) in [4.78, 5) is 3.84. The molecule has 1 aromatic heterocycles. The van der Waals surface area contributed by atoms with Crippen LogP contribution in [-0.2, 0) is 0 Å². The first-order valence-corrected chi connectivity index (χ1v) is 3.96. The van der Waals surface area contributed by atoms with Crippen LogP contribution in [0, 0.1) is 14.9 Å². The Labute approximate surface area is 78.1 Å². The molecule has 0 aliphatic carbocycles. The maximum atomic E-state index is 8.58. The third-order valence-electron chi connectivity index (χ3n) is 1.17. The van der Waals surface area contributed by atoms with Gasteiger partial charge in [0.05, 0.1) is 10.7 Å². The Morgan fingerprint density at radius 3 is 2.91 bits per heavy atom. The predicted octanol–water partition coefficient (Wildman–Crippen LogP) is 1.57. The van der Waals surface area contributed by atoms with E-state index in [0.29, 0.717) is 11.4 Å². The minimum absolute atomic E-state index is 0.333. The zero-order valence-corrected chi connectivity index (χ0v) is 7.99. The topological polar surface area (TPSA) is 45.9 Å². The molecule has 56 valence electrons. The first-order valence-electron chi connectivity index (χ1n) is 2.88. The third-order valence-corrected chi connectivity index (χ3v) is 2.02. The molecule has 11 heavy (non-hydrogen) atoms. The fraction of sp³-hybridized carbons (Fsp3) is 0.143. The molecule has 3 nitrogen and oxygen atoms in total. The zero-order valence-electron chi connectivity index (χ0n) is 5.84. The highest BCUT2D eigenvalue weighted by atomic mass is 127. The molecule has 0 spiro atoms. The molecule has 0 radical (unpaired) electrons. The van der Waals surface area contributed by atoms with Crippen molar-refractivity contribution in [3.05, 3.63) is 21.5 Å². The lowest BCUT2D eigenvalue weighted by molar-refractivity contribution is 0.408. The summed E-state index contributed by atoms with van der Waals surface area (Å²) in [6.45, 7) is 0. The second kappa shape index (κ2) is 3.53. The molecule has 0 bridgehead atoms. The van der Waals surface area contributed by atoms with Crippen molar-refractivity contribution in [1.29, 1.82) is 5.26 Å². The molecular formula is C7H5IN2O. The molecule has 0 saturated heterocycles. The van der Waals surface area contributed by atoms with Crippen molar-refractivity contribution in [2.45, 2.75) is 0 Å². The van der Waals surface area contributed by atoms with E-state index < -0.39 is 0 Å². The van der Waals surface area contributed by atoms with Gasteiger partial charge >= 0.3 is 0 Å². The number of halogens is 1. The Morgan fingerprint density at radius 1 is 1.73 bits per heavy atom. The normalized spacial score (nSPS) is 8.82. The standard InChI is InChI=1S/C7H5IN2O/c1-11-7-5(8)2-3-10-6(7)4-9/h2-3H,1H3. The van der Waals surface area contributed by atoms with Crippen molar-refractivity contribution in [3.8, 4) is 11.8 Å². The Hall–Kier alpha value is -0.830. The Morgan fingerprint density at radius 2 is 2.45 bits per heavy atom. The second-order valence-electron chi connectivity index (χ2n) is 1.79. The van der Waals surface area contributed by atoms with Crippen molar-refractivity contribution in [2.24, 2.45) is 0 Å². The number of rotatable bonds is 1. The van der Waals surface area contributed by atoms with Crippen LogP contribution in [0.4, 0.5) is 0 Å². The molecule has 1 rings (SSSR count). The van der Waals surface area contributed by atoms with E-state index in [1.807, 2.05) is 6.07 Å². The third kappa shape index (κ3) is 1.60. The van der Waals surface area contributed by atoms with Gasteiger partial charge in [-0.1, -0.05) is 0 Å². The van der Waals surface area contributed by atoms with E-state index in [-0.39, 0.29) is 0 Å². The fourth-order valence-corrected chi connectivity index (χ4v) is 1.33. The van der Waals surface area contributed by atoms with E-state index in [0.717, 1.165) is 3.57 Å². The van der Waals surface area contributed by atoms with Crippen LogP contribution in [0.15, 0.2) is 12.3 Å². The molecule has 0 saturated carbocycles. The van der Waals surface area contributed by atoms with Crippen molar-refractivity contribution in [3.63, 3.8) is 0 Å². The van der Waals surface area contributed by atoms with Crippen molar-refractivity contribution >= 4 is 22.6 Å². The summed E-state index contributed by atoms with van der Waals surface area (Å²) in [5, 5.41) is 8.58. The summed E-state index contributed by atoms with van der Waals surface area (Å²) in [6, 6.07) is 3.74. The number of nitrogens with zero attached hydrogens (tertiary/aromatic N) is 2. The zero-order chi connectivity index (χ0) is 8.27. The highest BCUT2D eigenvalue weighted by molar-refractivity contribution is 14.1. The summed E-state index contributed by atoms with van der Waals surface area (Å²) in [6.07, 6.45) is 1.59. The molecule has 0 aliphatic rings. The van der Waals surface area contributed by atoms with Gasteiger partial charge in [-0.25, -0.2) is 4.98 Å². The average molecular weight is 260 g/mol. The first kappa shape index (κ1) is 8.27. The van der Waals surface area contributed by atoms with Gasteiger partial charge in [-0.3, -0.25) is 0 Å². The smallest absolute Gasteiger partial charge is 0.183 e. The molecule has 1 heterocycles. The number of hydrogen-bond acceptors (Lipinski definition) is 3. The lowest BCUT2D eigenvalue weighted by Gasteiger charge is -2.02. The molecule has 0 atom stereocenters. The number of aromatic nitrogens is 1. The number of hydrogen-bond donors (Lipinski definition) is 0. The number of pyridine rings is 1. The SMILES string of the molecule is COc1c(I)ccnc1C#N. The van der Waals surface area contributed by atoms with E-state index in [2.05, 4.69) is 27.6 Å². The molecule has 0 unspecified atom stereocenters. The van der Waals surface area contributed by atoms with E-state index in [9.17, 15) is 0 Å². The molecule has 0 fully saturated rings. The largest absolute Gasteiger partial charge is 0.493 e. The van der Waals surface area contributed by atoms with Crippen LogP contribution in [0.5, 0.6) is 5.75 Å². The molecule has 0 N–H and O–H groups in total. The van der Waals surface area contributed by atoms with Gasteiger partial charge in [0, 0.05) is 6.20 Å². The van der Waals surface area contributed by atoms with Gasteiger partial charge in [0.25, 0.3) is 0 Å². The highest BCUT2D eigenvalue weighted by Gasteiger charge is 2.05. The van der Waals surface area contributed by atoms with Gasteiger partial charge < -0.3 is 4.74 Å². The number of methoxy groups -OCH3 is 1. The number of nitriles is 1. The lowest BCUT2D eigenvalue weighted by atomic mass is 10.3. The van der Waals surface area contributed by atoms with Crippen LogP contribution in [0.25, 0.3) is 0 Å². The fourth-order valence-electron chi connectivity index (χ4n) is 0.698. The predicted molar refractivity (Wildman–Crippen MR) is 48.2 cm³/mol. The molecule has 4 heteroatoms.